The Morgan fingerprint density at radius 1 is 0.900 bits per heavy atom. The summed E-state index contributed by atoms with van der Waals surface area (Å²) in [6.45, 7) is 0. The van der Waals surface area contributed by atoms with Crippen molar-refractivity contribution in [2.45, 2.75) is 0 Å². The molecule has 20 heavy (non-hydrogen) atoms. The summed E-state index contributed by atoms with van der Waals surface area (Å²) >= 11 is 0. The maximum Gasteiger partial charge on any atom is 0.277 e. The number of hydrogen-bond donors (Lipinski definition) is 0. The first kappa shape index (κ1) is 13.4. The Hall–Kier alpha value is -3.02. The second-order valence-corrected chi connectivity index (χ2v) is 4.00. The van der Waals surface area contributed by atoms with Crippen molar-refractivity contribution in [3.63, 3.8) is 0 Å². The quantitative estimate of drug-likeness (QED) is 0.484. The number of rotatable bonds is 4. The van der Waals surface area contributed by atoms with E-state index in [1.54, 1.807) is 30.3 Å². The normalized spacial score (nSPS) is 11.1. The Morgan fingerprint density at radius 2 is 1.50 bits per heavy atom. The largest absolute Gasteiger partial charge is 0.277 e. The molecule has 0 unspecified atom stereocenters. The first-order valence-electron chi connectivity index (χ1n) is 5.74. The summed E-state index contributed by atoms with van der Waals surface area (Å²) in [5, 5.41) is 21.7. The zero-order chi connectivity index (χ0) is 14.5. The van der Waals surface area contributed by atoms with Gasteiger partial charge in [-0.1, -0.05) is 18.2 Å². The molecule has 0 spiro atoms. The maximum absolute atomic E-state index is 11.1. The van der Waals surface area contributed by atoms with Gasteiger partial charge in [0.2, 0.25) is 0 Å². The van der Waals surface area contributed by atoms with Crippen LogP contribution < -0.4 is 0 Å². The van der Waals surface area contributed by atoms with Gasteiger partial charge in [-0.2, -0.15) is 0 Å². The standard InChI is InChI=1S/C14H10N2O4/c17-15(18)13-8-6-11(7-9-13)10-14(16(19)20)12-4-2-1-3-5-12/h1-10H/b14-10-. The van der Waals surface area contributed by atoms with E-state index in [2.05, 4.69) is 0 Å². The average Bonchev–Trinajstić information content (AvgIpc) is 2.46. The van der Waals surface area contributed by atoms with Gasteiger partial charge in [-0.3, -0.25) is 20.2 Å². The van der Waals surface area contributed by atoms with E-state index < -0.39 is 9.85 Å². The molecule has 2 aromatic rings. The van der Waals surface area contributed by atoms with Crippen molar-refractivity contribution in [3.8, 4) is 0 Å². The summed E-state index contributed by atoms with van der Waals surface area (Å²) in [6.07, 6.45) is 1.39. The number of nitro groups is 2. The molecular formula is C14H10N2O4. The molecule has 0 saturated heterocycles. The van der Waals surface area contributed by atoms with Gasteiger partial charge in [0, 0.05) is 18.2 Å². The van der Waals surface area contributed by atoms with Crippen LogP contribution in [0, 0.1) is 20.2 Å². The first-order chi connectivity index (χ1) is 9.58. The molecule has 0 fully saturated rings. The minimum atomic E-state index is -0.515. The Kier molecular flexibility index (Phi) is 3.85. The Bertz CT molecular complexity index is 663. The van der Waals surface area contributed by atoms with Gasteiger partial charge >= 0.3 is 0 Å². The van der Waals surface area contributed by atoms with E-state index in [0.29, 0.717) is 11.1 Å². The highest BCUT2D eigenvalue weighted by atomic mass is 16.6. The van der Waals surface area contributed by atoms with Crippen molar-refractivity contribution in [2.75, 3.05) is 0 Å². The van der Waals surface area contributed by atoms with Crippen molar-refractivity contribution in [1.82, 2.24) is 0 Å². The number of benzene rings is 2. The van der Waals surface area contributed by atoms with Gasteiger partial charge in [-0.15, -0.1) is 0 Å². The van der Waals surface area contributed by atoms with Crippen molar-refractivity contribution in [3.05, 3.63) is 86.0 Å². The van der Waals surface area contributed by atoms with Crippen LogP contribution >= 0.6 is 0 Å². The van der Waals surface area contributed by atoms with Crippen LogP contribution in [0.25, 0.3) is 11.8 Å². The van der Waals surface area contributed by atoms with E-state index in [-0.39, 0.29) is 11.4 Å². The molecule has 100 valence electrons. The van der Waals surface area contributed by atoms with Crippen LogP contribution in [0.4, 0.5) is 5.69 Å². The fourth-order valence-corrected chi connectivity index (χ4v) is 1.70. The molecule has 0 aliphatic heterocycles. The predicted octanol–water partition coefficient (Wildman–Crippen LogP) is 3.37. The lowest BCUT2D eigenvalue weighted by Crippen LogP contribution is -1.97. The fourth-order valence-electron chi connectivity index (χ4n) is 1.70. The third-order valence-electron chi connectivity index (χ3n) is 2.67. The van der Waals surface area contributed by atoms with E-state index in [1.165, 1.54) is 30.3 Å². The summed E-state index contributed by atoms with van der Waals surface area (Å²) in [5.74, 6) is 0. The van der Waals surface area contributed by atoms with Gasteiger partial charge in [0.25, 0.3) is 11.4 Å². The lowest BCUT2D eigenvalue weighted by molar-refractivity contribution is -0.384. The van der Waals surface area contributed by atoms with Gasteiger partial charge in [0.15, 0.2) is 0 Å². The van der Waals surface area contributed by atoms with E-state index in [4.69, 9.17) is 0 Å². The fraction of sp³-hybridized carbons (Fsp3) is 0. The van der Waals surface area contributed by atoms with Crippen molar-refractivity contribution in [2.24, 2.45) is 0 Å². The van der Waals surface area contributed by atoms with Crippen LogP contribution in [0.5, 0.6) is 0 Å². The Morgan fingerprint density at radius 3 is 2.00 bits per heavy atom. The molecule has 0 heterocycles. The molecule has 0 aromatic heterocycles. The number of nitro benzene ring substituents is 1. The van der Waals surface area contributed by atoms with Crippen molar-refractivity contribution in [1.29, 1.82) is 0 Å². The average molecular weight is 270 g/mol. The lowest BCUT2D eigenvalue weighted by Gasteiger charge is -1.99. The maximum atomic E-state index is 11.1. The van der Waals surface area contributed by atoms with E-state index >= 15 is 0 Å². The minimum Gasteiger partial charge on any atom is -0.258 e. The molecule has 0 aliphatic rings. The summed E-state index contributed by atoms with van der Waals surface area (Å²) in [6, 6.07) is 14.1. The highest BCUT2D eigenvalue weighted by Crippen LogP contribution is 2.20. The molecule has 0 N–H and O–H groups in total. The SMILES string of the molecule is O=[N+]([O-])/C(=C\c1ccc([N+](=O)[O-])cc1)c1ccccc1. The highest BCUT2D eigenvalue weighted by Gasteiger charge is 2.13. The van der Waals surface area contributed by atoms with Crippen LogP contribution in [0.2, 0.25) is 0 Å². The van der Waals surface area contributed by atoms with Crippen LogP contribution in [-0.4, -0.2) is 9.85 Å². The second kappa shape index (κ2) is 5.75. The van der Waals surface area contributed by atoms with E-state index in [1.807, 2.05) is 0 Å². The second-order valence-electron chi connectivity index (χ2n) is 4.00. The molecule has 6 heteroatoms. The topological polar surface area (TPSA) is 86.3 Å². The molecule has 0 radical (unpaired) electrons. The zero-order valence-corrected chi connectivity index (χ0v) is 10.3. The number of hydrogen-bond acceptors (Lipinski definition) is 4. The van der Waals surface area contributed by atoms with E-state index in [0.717, 1.165) is 0 Å². The van der Waals surface area contributed by atoms with Crippen LogP contribution in [0.3, 0.4) is 0 Å². The highest BCUT2D eigenvalue weighted by molar-refractivity contribution is 5.76. The molecule has 0 atom stereocenters. The first-order valence-corrected chi connectivity index (χ1v) is 5.74. The predicted molar refractivity (Wildman–Crippen MR) is 74.4 cm³/mol. The summed E-state index contributed by atoms with van der Waals surface area (Å²) in [7, 11) is 0. The molecular weight excluding hydrogens is 260 g/mol. The molecule has 0 amide bonds. The molecule has 2 aromatic carbocycles. The Labute approximate surface area is 114 Å². The number of non-ortho nitro benzene ring substituents is 1. The van der Waals surface area contributed by atoms with Crippen molar-refractivity contribution < 1.29 is 9.85 Å². The summed E-state index contributed by atoms with van der Waals surface area (Å²) in [4.78, 5) is 20.7. The van der Waals surface area contributed by atoms with Crippen molar-refractivity contribution >= 4 is 17.5 Å². The molecule has 0 aliphatic carbocycles. The zero-order valence-electron chi connectivity index (χ0n) is 10.3. The van der Waals surface area contributed by atoms with Crippen LogP contribution in [0.1, 0.15) is 11.1 Å². The Balaban J connectivity index is 2.39. The minimum absolute atomic E-state index is 0.0514. The summed E-state index contributed by atoms with van der Waals surface area (Å²) < 4.78 is 0. The third kappa shape index (κ3) is 3.05. The third-order valence-corrected chi connectivity index (χ3v) is 2.67. The lowest BCUT2D eigenvalue weighted by atomic mass is 10.1. The van der Waals surface area contributed by atoms with Crippen LogP contribution in [-0.2, 0) is 0 Å². The number of nitrogens with zero attached hydrogens (tertiary/aromatic N) is 2. The van der Waals surface area contributed by atoms with Gasteiger partial charge in [0.05, 0.1) is 15.4 Å². The molecule has 2 rings (SSSR count). The van der Waals surface area contributed by atoms with Gasteiger partial charge in [-0.05, 0) is 29.8 Å². The molecule has 0 bridgehead atoms. The van der Waals surface area contributed by atoms with E-state index in [9.17, 15) is 20.2 Å². The van der Waals surface area contributed by atoms with Crippen LogP contribution in [0.15, 0.2) is 54.6 Å². The molecule has 0 saturated carbocycles. The van der Waals surface area contributed by atoms with Gasteiger partial charge < -0.3 is 0 Å². The van der Waals surface area contributed by atoms with Gasteiger partial charge in [-0.25, -0.2) is 0 Å². The monoisotopic (exact) mass is 270 g/mol. The van der Waals surface area contributed by atoms with Gasteiger partial charge in [0.1, 0.15) is 0 Å². The summed E-state index contributed by atoms with van der Waals surface area (Å²) in [5.41, 5.74) is 0.908. The molecule has 6 nitrogen and oxygen atoms in total. The smallest absolute Gasteiger partial charge is 0.258 e.